The molecule has 1 aliphatic heterocycles. The summed E-state index contributed by atoms with van der Waals surface area (Å²) in [5, 5.41) is 3.59. The summed E-state index contributed by atoms with van der Waals surface area (Å²) in [6.45, 7) is 3.34. The monoisotopic (exact) mass is 270 g/mol. The Hall–Kier alpha value is -1.02. The maximum atomic E-state index is 3.59. The number of nitrogens with one attached hydrogen (secondary N) is 1. The Kier molecular flexibility index (Phi) is 3.22. The third kappa shape index (κ3) is 1.96. The first-order chi connectivity index (χ1) is 9.89. The molecule has 1 N–H and O–H groups in total. The topological polar surface area (TPSA) is 15.3 Å². The van der Waals surface area contributed by atoms with Gasteiger partial charge in [-0.1, -0.05) is 37.5 Å². The highest BCUT2D eigenvalue weighted by Crippen LogP contribution is 2.54. The van der Waals surface area contributed by atoms with E-state index in [9.17, 15) is 0 Å². The zero-order valence-corrected chi connectivity index (χ0v) is 12.4. The standard InChI is InChI=1S/C18H26N2/c1-4-9-18(10-5-1)11-8-17(18)20-13-12-19-14-15-6-2-3-7-16(15)20/h2-3,6-7,17,19H,1,4-5,8-14H2. The van der Waals surface area contributed by atoms with Crippen LogP contribution in [0.5, 0.6) is 0 Å². The molecular weight excluding hydrogens is 244 g/mol. The van der Waals surface area contributed by atoms with Crippen LogP contribution in [0.2, 0.25) is 0 Å². The van der Waals surface area contributed by atoms with Gasteiger partial charge in [0.1, 0.15) is 0 Å². The summed E-state index contributed by atoms with van der Waals surface area (Å²) in [4.78, 5) is 2.75. The van der Waals surface area contributed by atoms with E-state index < -0.39 is 0 Å². The van der Waals surface area contributed by atoms with Gasteiger partial charge in [0, 0.05) is 31.4 Å². The molecule has 1 aromatic rings. The van der Waals surface area contributed by atoms with Gasteiger partial charge in [0.05, 0.1) is 0 Å². The maximum Gasteiger partial charge on any atom is 0.0414 e. The summed E-state index contributed by atoms with van der Waals surface area (Å²) in [5.41, 5.74) is 3.66. The van der Waals surface area contributed by atoms with E-state index in [0.29, 0.717) is 5.41 Å². The molecule has 1 aromatic carbocycles. The number of fused-ring (bicyclic) bond motifs is 1. The van der Waals surface area contributed by atoms with Crippen LogP contribution in [0.15, 0.2) is 24.3 Å². The van der Waals surface area contributed by atoms with Gasteiger partial charge in [0.15, 0.2) is 0 Å². The third-order valence-corrected chi connectivity index (χ3v) is 5.99. The molecule has 2 aliphatic carbocycles. The highest BCUT2D eigenvalue weighted by molar-refractivity contribution is 5.56. The van der Waals surface area contributed by atoms with E-state index in [2.05, 4.69) is 34.5 Å². The summed E-state index contributed by atoms with van der Waals surface area (Å²) in [5.74, 6) is 0. The molecule has 2 nitrogen and oxygen atoms in total. The molecule has 2 saturated carbocycles. The maximum absolute atomic E-state index is 3.59. The summed E-state index contributed by atoms with van der Waals surface area (Å²) in [7, 11) is 0. The second-order valence-electron chi connectivity index (χ2n) is 6.98. The first kappa shape index (κ1) is 12.7. The molecule has 1 spiro atoms. The van der Waals surface area contributed by atoms with Gasteiger partial charge in [0.25, 0.3) is 0 Å². The highest BCUT2D eigenvalue weighted by atomic mass is 15.2. The molecular formula is C18H26N2. The van der Waals surface area contributed by atoms with Crippen molar-refractivity contribution >= 4 is 5.69 Å². The van der Waals surface area contributed by atoms with Crippen LogP contribution in [0.1, 0.15) is 50.5 Å². The molecule has 0 saturated heterocycles. The summed E-state index contributed by atoms with van der Waals surface area (Å²) in [6.07, 6.45) is 10.2. The molecule has 1 atom stereocenters. The van der Waals surface area contributed by atoms with Gasteiger partial charge in [-0.2, -0.15) is 0 Å². The average Bonchev–Trinajstić information content (AvgIpc) is 2.70. The van der Waals surface area contributed by atoms with Crippen LogP contribution in [0.25, 0.3) is 0 Å². The van der Waals surface area contributed by atoms with Gasteiger partial charge >= 0.3 is 0 Å². The molecule has 0 amide bonds. The molecule has 0 bridgehead atoms. The van der Waals surface area contributed by atoms with Crippen molar-refractivity contribution < 1.29 is 0 Å². The Morgan fingerprint density at radius 2 is 1.90 bits per heavy atom. The van der Waals surface area contributed by atoms with Gasteiger partial charge in [0.2, 0.25) is 0 Å². The van der Waals surface area contributed by atoms with Crippen molar-refractivity contribution in [3.05, 3.63) is 29.8 Å². The molecule has 3 aliphatic rings. The predicted octanol–water partition coefficient (Wildman–Crippen LogP) is 3.71. The SMILES string of the molecule is c1ccc2c(c1)CNCCN2C1CCC12CCCCC2. The van der Waals surface area contributed by atoms with Crippen molar-refractivity contribution in [3.8, 4) is 0 Å². The summed E-state index contributed by atoms with van der Waals surface area (Å²) >= 11 is 0. The molecule has 2 heteroatoms. The molecule has 1 unspecified atom stereocenters. The predicted molar refractivity (Wildman–Crippen MR) is 84.0 cm³/mol. The van der Waals surface area contributed by atoms with Crippen molar-refractivity contribution in [3.63, 3.8) is 0 Å². The van der Waals surface area contributed by atoms with Gasteiger partial charge in [-0.3, -0.25) is 0 Å². The van der Waals surface area contributed by atoms with Crippen LogP contribution >= 0.6 is 0 Å². The number of hydrogen-bond acceptors (Lipinski definition) is 2. The van der Waals surface area contributed by atoms with Crippen LogP contribution in [0.4, 0.5) is 5.69 Å². The van der Waals surface area contributed by atoms with Crippen LogP contribution < -0.4 is 10.2 Å². The fourth-order valence-corrected chi connectivity index (χ4v) is 4.81. The smallest absolute Gasteiger partial charge is 0.0414 e. The first-order valence-electron chi connectivity index (χ1n) is 8.44. The average molecular weight is 270 g/mol. The number of benzene rings is 1. The lowest BCUT2D eigenvalue weighted by Gasteiger charge is -2.57. The lowest BCUT2D eigenvalue weighted by molar-refractivity contribution is 0.0403. The minimum atomic E-state index is 0.662. The zero-order valence-electron chi connectivity index (χ0n) is 12.4. The first-order valence-corrected chi connectivity index (χ1v) is 8.44. The van der Waals surface area contributed by atoms with Crippen LogP contribution in [0.3, 0.4) is 0 Å². The molecule has 20 heavy (non-hydrogen) atoms. The third-order valence-electron chi connectivity index (χ3n) is 5.99. The van der Waals surface area contributed by atoms with Crippen LogP contribution in [-0.4, -0.2) is 19.1 Å². The lowest BCUT2D eigenvalue weighted by atomic mass is 9.56. The van der Waals surface area contributed by atoms with E-state index in [4.69, 9.17) is 0 Å². The second kappa shape index (κ2) is 5.07. The zero-order chi connectivity index (χ0) is 13.4. The van der Waals surface area contributed by atoms with Gasteiger partial charge in [-0.05, 0) is 42.7 Å². The van der Waals surface area contributed by atoms with E-state index in [1.807, 2.05) is 0 Å². The fraction of sp³-hybridized carbons (Fsp3) is 0.667. The normalized spacial score (nSPS) is 28.6. The number of hydrogen-bond donors (Lipinski definition) is 1. The molecule has 1 heterocycles. The Labute approximate surface area is 122 Å². The Bertz CT molecular complexity index is 476. The Morgan fingerprint density at radius 3 is 2.70 bits per heavy atom. The minimum Gasteiger partial charge on any atom is -0.366 e. The molecule has 108 valence electrons. The van der Waals surface area contributed by atoms with Crippen molar-refractivity contribution in [1.82, 2.24) is 5.32 Å². The van der Waals surface area contributed by atoms with Crippen LogP contribution in [0, 0.1) is 5.41 Å². The number of anilines is 1. The van der Waals surface area contributed by atoms with E-state index in [0.717, 1.165) is 19.1 Å². The van der Waals surface area contributed by atoms with E-state index in [1.54, 1.807) is 0 Å². The lowest BCUT2D eigenvalue weighted by Crippen LogP contribution is -2.57. The largest absolute Gasteiger partial charge is 0.366 e. The Balaban J connectivity index is 1.64. The summed E-state index contributed by atoms with van der Waals surface area (Å²) in [6, 6.07) is 9.85. The number of rotatable bonds is 1. The van der Waals surface area contributed by atoms with Gasteiger partial charge in [-0.15, -0.1) is 0 Å². The van der Waals surface area contributed by atoms with Gasteiger partial charge in [-0.25, -0.2) is 0 Å². The quantitative estimate of drug-likeness (QED) is 0.837. The van der Waals surface area contributed by atoms with Crippen molar-refractivity contribution in [1.29, 1.82) is 0 Å². The number of para-hydroxylation sites is 1. The molecule has 4 rings (SSSR count). The molecule has 0 aromatic heterocycles. The fourth-order valence-electron chi connectivity index (χ4n) is 4.81. The highest BCUT2D eigenvalue weighted by Gasteiger charge is 2.49. The van der Waals surface area contributed by atoms with Gasteiger partial charge < -0.3 is 10.2 Å². The molecule has 2 fully saturated rings. The Morgan fingerprint density at radius 1 is 1.05 bits per heavy atom. The van der Waals surface area contributed by atoms with Crippen molar-refractivity contribution in [2.75, 3.05) is 18.0 Å². The van der Waals surface area contributed by atoms with Crippen LogP contribution in [-0.2, 0) is 6.54 Å². The minimum absolute atomic E-state index is 0.662. The number of nitrogens with zero attached hydrogens (tertiary/aromatic N) is 1. The van der Waals surface area contributed by atoms with Crippen molar-refractivity contribution in [2.24, 2.45) is 5.41 Å². The van der Waals surface area contributed by atoms with Crippen molar-refractivity contribution in [2.45, 2.75) is 57.5 Å². The second-order valence-corrected chi connectivity index (χ2v) is 6.98. The van der Waals surface area contributed by atoms with E-state index in [1.165, 1.54) is 62.7 Å². The molecule has 0 radical (unpaired) electrons. The summed E-state index contributed by atoms with van der Waals surface area (Å²) < 4.78 is 0. The van der Waals surface area contributed by atoms with E-state index in [-0.39, 0.29) is 0 Å². The van der Waals surface area contributed by atoms with E-state index >= 15 is 0 Å².